The lowest BCUT2D eigenvalue weighted by Crippen LogP contribution is -2.49. The molecule has 118 valence electrons. The van der Waals surface area contributed by atoms with Crippen molar-refractivity contribution in [3.63, 3.8) is 0 Å². The second kappa shape index (κ2) is 7.68. The highest BCUT2D eigenvalue weighted by Gasteiger charge is 2.24. The molecular formula is C14H25N5OS. The molecule has 1 aromatic rings. The fourth-order valence-corrected chi connectivity index (χ4v) is 3.55. The van der Waals surface area contributed by atoms with Gasteiger partial charge < -0.3 is 14.7 Å². The normalized spacial score (nSPS) is 20.1. The summed E-state index contributed by atoms with van der Waals surface area (Å²) in [5.74, 6) is 4.00. The van der Waals surface area contributed by atoms with Gasteiger partial charge in [0.1, 0.15) is 6.54 Å². The van der Waals surface area contributed by atoms with Crippen LogP contribution in [0.4, 0.5) is 0 Å². The third-order valence-electron chi connectivity index (χ3n) is 3.41. The predicted molar refractivity (Wildman–Crippen MR) is 86.5 cm³/mol. The van der Waals surface area contributed by atoms with Crippen molar-refractivity contribution < 1.29 is 4.52 Å². The van der Waals surface area contributed by atoms with E-state index in [2.05, 4.69) is 57.9 Å². The number of aliphatic imine (C=N–C) groups is 1. The molecule has 0 spiro atoms. The van der Waals surface area contributed by atoms with Crippen LogP contribution >= 0.6 is 11.8 Å². The number of aryl methyl sites for hydroxylation is 1. The lowest BCUT2D eigenvalue weighted by Gasteiger charge is -2.36. The molecular weight excluding hydrogens is 286 g/mol. The van der Waals surface area contributed by atoms with Crippen molar-refractivity contribution in [3.05, 3.63) is 11.7 Å². The Labute approximate surface area is 130 Å². The minimum absolute atomic E-state index is 0.454. The Hall–Kier alpha value is -1.24. The van der Waals surface area contributed by atoms with Crippen LogP contribution in [-0.4, -0.2) is 51.6 Å². The highest BCUT2D eigenvalue weighted by Crippen LogP contribution is 2.24. The Bertz CT molecular complexity index is 474. The molecule has 0 bridgehead atoms. The molecule has 0 aliphatic carbocycles. The first kappa shape index (κ1) is 16.1. The topological polar surface area (TPSA) is 66.5 Å². The molecule has 2 heterocycles. The SMILES string of the molecule is CCNC(=NCc1noc(C)n1)N1CCSC(C(C)C)C1. The van der Waals surface area contributed by atoms with E-state index < -0.39 is 0 Å². The van der Waals surface area contributed by atoms with Crippen molar-refractivity contribution in [1.29, 1.82) is 0 Å². The Morgan fingerprint density at radius 3 is 3.00 bits per heavy atom. The quantitative estimate of drug-likeness (QED) is 0.677. The first-order valence-corrected chi connectivity index (χ1v) is 8.59. The predicted octanol–water partition coefficient (Wildman–Crippen LogP) is 1.92. The molecule has 21 heavy (non-hydrogen) atoms. The summed E-state index contributed by atoms with van der Waals surface area (Å²) in [6.45, 7) is 11.8. The minimum atomic E-state index is 0.454. The summed E-state index contributed by atoms with van der Waals surface area (Å²) in [4.78, 5) is 11.2. The Morgan fingerprint density at radius 1 is 1.57 bits per heavy atom. The summed E-state index contributed by atoms with van der Waals surface area (Å²) in [6, 6.07) is 0. The van der Waals surface area contributed by atoms with Crippen LogP contribution in [0.5, 0.6) is 0 Å². The summed E-state index contributed by atoms with van der Waals surface area (Å²) < 4.78 is 4.98. The second-order valence-electron chi connectivity index (χ2n) is 5.50. The molecule has 1 aliphatic rings. The van der Waals surface area contributed by atoms with Gasteiger partial charge in [0.15, 0.2) is 11.8 Å². The molecule has 1 N–H and O–H groups in total. The van der Waals surface area contributed by atoms with Crippen molar-refractivity contribution in [2.24, 2.45) is 10.9 Å². The maximum Gasteiger partial charge on any atom is 0.223 e. The van der Waals surface area contributed by atoms with Crippen LogP contribution in [0, 0.1) is 12.8 Å². The fraction of sp³-hybridized carbons (Fsp3) is 0.786. The van der Waals surface area contributed by atoms with Gasteiger partial charge in [0.25, 0.3) is 0 Å². The monoisotopic (exact) mass is 311 g/mol. The number of nitrogens with zero attached hydrogens (tertiary/aromatic N) is 4. The minimum Gasteiger partial charge on any atom is -0.357 e. The number of thioether (sulfide) groups is 1. The first-order chi connectivity index (χ1) is 10.1. The van der Waals surface area contributed by atoms with Gasteiger partial charge in [-0.05, 0) is 12.8 Å². The van der Waals surface area contributed by atoms with E-state index in [0.29, 0.717) is 29.4 Å². The molecule has 1 aromatic heterocycles. The Morgan fingerprint density at radius 2 is 2.38 bits per heavy atom. The van der Waals surface area contributed by atoms with E-state index in [4.69, 9.17) is 4.52 Å². The molecule has 6 nitrogen and oxygen atoms in total. The summed E-state index contributed by atoms with van der Waals surface area (Å²) >= 11 is 2.06. The Balaban J connectivity index is 2.03. The van der Waals surface area contributed by atoms with Crippen LogP contribution in [0.1, 0.15) is 32.5 Å². The van der Waals surface area contributed by atoms with Crippen LogP contribution < -0.4 is 5.32 Å². The van der Waals surface area contributed by atoms with Crippen LogP contribution in [-0.2, 0) is 6.54 Å². The molecule has 1 atom stereocenters. The van der Waals surface area contributed by atoms with E-state index in [-0.39, 0.29) is 0 Å². The molecule has 0 aromatic carbocycles. The zero-order valence-electron chi connectivity index (χ0n) is 13.3. The highest BCUT2D eigenvalue weighted by molar-refractivity contribution is 8.00. The highest BCUT2D eigenvalue weighted by atomic mass is 32.2. The van der Waals surface area contributed by atoms with Gasteiger partial charge in [-0.1, -0.05) is 19.0 Å². The van der Waals surface area contributed by atoms with Crippen LogP contribution in [0.15, 0.2) is 9.52 Å². The van der Waals surface area contributed by atoms with Crippen molar-refractivity contribution >= 4 is 17.7 Å². The zero-order chi connectivity index (χ0) is 15.2. The van der Waals surface area contributed by atoms with E-state index in [0.717, 1.165) is 31.3 Å². The summed E-state index contributed by atoms with van der Waals surface area (Å²) in [5, 5.41) is 7.92. The molecule has 0 saturated carbocycles. The average Bonchev–Trinajstić information content (AvgIpc) is 2.89. The van der Waals surface area contributed by atoms with Crippen molar-refractivity contribution in [2.45, 2.75) is 39.5 Å². The smallest absolute Gasteiger partial charge is 0.223 e. The molecule has 1 fully saturated rings. The van der Waals surface area contributed by atoms with Gasteiger partial charge in [-0.3, -0.25) is 0 Å². The molecule has 0 amide bonds. The zero-order valence-corrected chi connectivity index (χ0v) is 14.1. The van der Waals surface area contributed by atoms with E-state index >= 15 is 0 Å². The number of hydrogen-bond donors (Lipinski definition) is 1. The van der Waals surface area contributed by atoms with Gasteiger partial charge in [-0.15, -0.1) is 0 Å². The molecule has 2 rings (SSSR count). The van der Waals surface area contributed by atoms with Gasteiger partial charge in [0, 0.05) is 37.6 Å². The first-order valence-electron chi connectivity index (χ1n) is 7.54. The second-order valence-corrected chi connectivity index (χ2v) is 6.85. The van der Waals surface area contributed by atoms with E-state index in [1.165, 1.54) is 0 Å². The van der Waals surface area contributed by atoms with Gasteiger partial charge >= 0.3 is 0 Å². The third kappa shape index (κ3) is 4.62. The fourth-order valence-electron chi connectivity index (χ4n) is 2.25. The van der Waals surface area contributed by atoms with Crippen LogP contribution in [0.25, 0.3) is 0 Å². The number of aromatic nitrogens is 2. The lowest BCUT2D eigenvalue weighted by molar-refractivity contribution is 0.378. The summed E-state index contributed by atoms with van der Waals surface area (Å²) in [6.07, 6.45) is 0. The molecule has 1 unspecified atom stereocenters. The number of nitrogens with one attached hydrogen (secondary N) is 1. The summed E-state index contributed by atoms with van der Waals surface area (Å²) in [5.41, 5.74) is 0. The maximum atomic E-state index is 4.98. The van der Waals surface area contributed by atoms with Crippen LogP contribution in [0.3, 0.4) is 0 Å². The molecule has 7 heteroatoms. The molecule has 0 radical (unpaired) electrons. The van der Waals surface area contributed by atoms with Crippen molar-refractivity contribution in [2.75, 3.05) is 25.4 Å². The van der Waals surface area contributed by atoms with Crippen LogP contribution in [0.2, 0.25) is 0 Å². The van der Waals surface area contributed by atoms with Gasteiger partial charge in [-0.25, -0.2) is 4.99 Å². The molecule has 1 aliphatic heterocycles. The number of hydrogen-bond acceptors (Lipinski definition) is 5. The number of guanidine groups is 1. The van der Waals surface area contributed by atoms with Gasteiger partial charge in [0.2, 0.25) is 5.89 Å². The van der Waals surface area contributed by atoms with E-state index in [1.54, 1.807) is 6.92 Å². The third-order valence-corrected chi connectivity index (χ3v) is 4.95. The van der Waals surface area contributed by atoms with Gasteiger partial charge in [0.05, 0.1) is 0 Å². The van der Waals surface area contributed by atoms with Crippen molar-refractivity contribution in [1.82, 2.24) is 20.4 Å². The largest absolute Gasteiger partial charge is 0.357 e. The van der Waals surface area contributed by atoms with E-state index in [9.17, 15) is 0 Å². The molecule has 1 saturated heterocycles. The average molecular weight is 311 g/mol. The maximum absolute atomic E-state index is 4.98. The van der Waals surface area contributed by atoms with Gasteiger partial charge in [-0.2, -0.15) is 16.7 Å². The van der Waals surface area contributed by atoms with E-state index in [1.807, 2.05) is 0 Å². The van der Waals surface area contributed by atoms with Crippen molar-refractivity contribution in [3.8, 4) is 0 Å². The lowest BCUT2D eigenvalue weighted by atomic mass is 10.1. The summed E-state index contributed by atoms with van der Waals surface area (Å²) in [7, 11) is 0. The Kier molecular flexibility index (Phi) is 5.90. The standard InChI is InChI=1S/C14H25N5OS/c1-5-15-14(16-8-13-17-11(4)20-18-13)19-6-7-21-12(9-19)10(2)3/h10,12H,5-9H2,1-4H3,(H,15,16). The number of rotatable bonds is 4.